The summed E-state index contributed by atoms with van der Waals surface area (Å²) >= 11 is 0. The van der Waals surface area contributed by atoms with Crippen LogP contribution in [0, 0.1) is 0 Å². The second-order valence-electron chi connectivity index (χ2n) is 10.0. The highest BCUT2D eigenvalue weighted by Gasteiger charge is 2.56. The molecule has 2 aromatic rings. The second-order valence-corrected chi connectivity index (χ2v) is 10.0. The van der Waals surface area contributed by atoms with Crippen molar-refractivity contribution >= 4 is 5.97 Å². The van der Waals surface area contributed by atoms with Gasteiger partial charge in [-0.15, -0.1) is 0 Å². The third kappa shape index (κ3) is 3.42. The van der Waals surface area contributed by atoms with Crippen LogP contribution in [0.1, 0.15) is 69.4 Å². The lowest BCUT2D eigenvalue weighted by Gasteiger charge is -2.47. The van der Waals surface area contributed by atoms with E-state index in [2.05, 4.69) is 31.2 Å². The third-order valence-corrected chi connectivity index (χ3v) is 8.54. The van der Waals surface area contributed by atoms with Crippen molar-refractivity contribution in [2.45, 2.75) is 81.9 Å². The maximum absolute atomic E-state index is 14.0. The van der Waals surface area contributed by atoms with Crippen molar-refractivity contribution in [3.05, 3.63) is 71.8 Å². The molecular formula is C28H36NO2+. The van der Waals surface area contributed by atoms with Crippen molar-refractivity contribution in [3.8, 4) is 0 Å². The zero-order valence-electron chi connectivity index (χ0n) is 18.8. The molecule has 0 saturated carbocycles. The monoisotopic (exact) mass is 418 g/mol. The molecule has 2 bridgehead atoms. The lowest BCUT2D eigenvalue weighted by molar-refractivity contribution is -0.956. The molecule has 0 aliphatic carbocycles. The molecular weight excluding hydrogens is 382 g/mol. The Bertz CT molecular complexity index is 832. The first-order valence-electron chi connectivity index (χ1n) is 12.4. The van der Waals surface area contributed by atoms with Crippen molar-refractivity contribution in [2.75, 3.05) is 13.1 Å². The fourth-order valence-electron chi connectivity index (χ4n) is 7.17. The highest BCUT2D eigenvalue weighted by Crippen LogP contribution is 2.47. The van der Waals surface area contributed by atoms with Crippen LogP contribution in [0.2, 0.25) is 0 Å². The predicted molar refractivity (Wildman–Crippen MR) is 124 cm³/mol. The molecule has 0 amide bonds. The van der Waals surface area contributed by atoms with E-state index in [-0.39, 0.29) is 12.1 Å². The van der Waals surface area contributed by atoms with Gasteiger partial charge in [0, 0.05) is 38.5 Å². The van der Waals surface area contributed by atoms with Crippen LogP contribution < -0.4 is 0 Å². The van der Waals surface area contributed by atoms with Gasteiger partial charge in [0.05, 0.1) is 25.2 Å². The number of benzene rings is 2. The van der Waals surface area contributed by atoms with Gasteiger partial charge >= 0.3 is 5.97 Å². The van der Waals surface area contributed by atoms with Crippen molar-refractivity contribution in [2.24, 2.45) is 0 Å². The van der Waals surface area contributed by atoms with E-state index in [1.807, 2.05) is 36.4 Å². The fourth-order valence-corrected chi connectivity index (χ4v) is 7.17. The molecule has 3 heterocycles. The van der Waals surface area contributed by atoms with Crippen LogP contribution in [0.3, 0.4) is 0 Å². The van der Waals surface area contributed by atoms with Crippen LogP contribution in [0.5, 0.6) is 0 Å². The van der Waals surface area contributed by atoms with Gasteiger partial charge in [0.2, 0.25) is 0 Å². The van der Waals surface area contributed by atoms with Gasteiger partial charge in [0.1, 0.15) is 11.5 Å². The van der Waals surface area contributed by atoms with Crippen LogP contribution in [0.15, 0.2) is 60.7 Å². The number of carbonyl (C=O) groups excluding carboxylic acids is 1. The molecule has 0 aromatic heterocycles. The summed E-state index contributed by atoms with van der Waals surface area (Å²) in [4.78, 5) is 14.0. The van der Waals surface area contributed by atoms with E-state index in [9.17, 15) is 4.79 Å². The molecule has 1 spiro atoms. The number of piperidine rings is 1. The maximum Gasteiger partial charge on any atom is 0.321 e. The zero-order chi connectivity index (χ0) is 21.3. The van der Waals surface area contributed by atoms with Crippen LogP contribution >= 0.6 is 0 Å². The number of carbonyl (C=O) groups is 1. The smallest absolute Gasteiger partial charge is 0.321 e. The minimum atomic E-state index is -0.729. The zero-order valence-corrected chi connectivity index (χ0v) is 18.8. The van der Waals surface area contributed by atoms with Gasteiger partial charge in [-0.25, -0.2) is 0 Å². The second kappa shape index (κ2) is 8.43. The summed E-state index contributed by atoms with van der Waals surface area (Å²) in [5, 5.41) is 0. The molecule has 3 fully saturated rings. The Morgan fingerprint density at radius 1 is 0.903 bits per heavy atom. The van der Waals surface area contributed by atoms with E-state index < -0.39 is 5.41 Å². The Balaban J connectivity index is 1.44. The van der Waals surface area contributed by atoms with E-state index in [0.717, 1.165) is 36.8 Å². The highest BCUT2D eigenvalue weighted by molar-refractivity contribution is 5.88. The Hall–Kier alpha value is -2.13. The Morgan fingerprint density at radius 2 is 1.42 bits per heavy atom. The summed E-state index contributed by atoms with van der Waals surface area (Å²) in [6, 6.07) is 22.0. The molecule has 3 saturated heterocycles. The Morgan fingerprint density at radius 3 is 1.90 bits per heavy atom. The lowest BCUT2D eigenvalue weighted by Crippen LogP contribution is -2.60. The summed E-state index contributed by atoms with van der Waals surface area (Å²) in [5.74, 6) is -0.0500. The molecule has 164 valence electrons. The number of nitrogens with zero attached hydrogens (tertiary/aromatic N) is 1. The summed E-state index contributed by atoms with van der Waals surface area (Å²) < 4.78 is 7.79. The van der Waals surface area contributed by atoms with Crippen LogP contribution in [-0.2, 0) is 14.9 Å². The Labute approximate surface area is 187 Å². The summed E-state index contributed by atoms with van der Waals surface area (Å²) in [5.41, 5.74) is 1.37. The molecule has 3 nitrogen and oxygen atoms in total. The summed E-state index contributed by atoms with van der Waals surface area (Å²) in [6.45, 7) is 4.86. The number of esters is 1. The molecule has 3 aliphatic heterocycles. The largest absolute Gasteiger partial charge is 0.461 e. The minimum Gasteiger partial charge on any atom is -0.461 e. The molecule has 2 aromatic carbocycles. The molecule has 3 aliphatic rings. The van der Waals surface area contributed by atoms with Crippen LogP contribution in [0.25, 0.3) is 0 Å². The molecule has 3 heteroatoms. The number of hydrogen-bond acceptors (Lipinski definition) is 2. The van der Waals surface area contributed by atoms with Gasteiger partial charge in [-0.2, -0.15) is 0 Å². The van der Waals surface area contributed by atoms with Gasteiger partial charge in [0.15, 0.2) is 0 Å². The van der Waals surface area contributed by atoms with Crippen molar-refractivity contribution < 1.29 is 14.0 Å². The molecule has 31 heavy (non-hydrogen) atoms. The first-order chi connectivity index (χ1) is 15.2. The average molecular weight is 419 g/mol. The quantitative estimate of drug-likeness (QED) is 0.449. The van der Waals surface area contributed by atoms with Gasteiger partial charge < -0.3 is 9.22 Å². The van der Waals surface area contributed by atoms with Crippen molar-refractivity contribution in [3.63, 3.8) is 0 Å². The number of rotatable bonds is 6. The van der Waals surface area contributed by atoms with Gasteiger partial charge in [-0.05, 0) is 17.5 Å². The fraction of sp³-hybridized carbons (Fsp3) is 0.536. The maximum atomic E-state index is 14.0. The van der Waals surface area contributed by atoms with Gasteiger partial charge in [-0.1, -0.05) is 74.0 Å². The molecule has 0 N–H and O–H groups in total. The van der Waals surface area contributed by atoms with Gasteiger partial charge in [0.25, 0.3) is 0 Å². The number of ether oxygens (including phenoxy) is 1. The van der Waals surface area contributed by atoms with E-state index in [0.29, 0.717) is 12.1 Å². The minimum absolute atomic E-state index is 0.0500. The normalized spacial score (nSPS) is 26.8. The molecule has 2 unspecified atom stereocenters. The van der Waals surface area contributed by atoms with Crippen molar-refractivity contribution in [1.82, 2.24) is 0 Å². The standard InChI is InChI=1S/C28H36NO2/c1-2-17-28(22-11-5-3-6-12-22,23-13-7-4-8-14-23)27(30)31-26-20-24-15-16-25(21-26)29(24)18-9-10-19-29/h3-8,11-14,24-26H,2,9-10,15-21H2,1H3/q+1. The topological polar surface area (TPSA) is 26.3 Å². The van der Waals surface area contributed by atoms with E-state index in [1.165, 1.54) is 43.3 Å². The average Bonchev–Trinajstić information content (AvgIpc) is 3.35. The third-order valence-electron chi connectivity index (χ3n) is 8.54. The molecule has 2 atom stereocenters. The first-order valence-corrected chi connectivity index (χ1v) is 12.4. The number of hydrogen-bond donors (Lipinski definition) is 0. The Kier molecular flexibility index (Phi) is 5.64. The van der Waals surface area contributed by atoms with Crippen LogP contribution in [-0.4, -0.2) is 41.7 Å². The van der Waals surface area contributed by atoms with E-state index in [1.54, 1.807) is 0 Å². The van der Waals surface area contributed by atoms with Gasteiger partial charge in [-0.3, -0.25) is 4.79 Å². The number of quaternary nitrogens is 1. The van der Waals surface area contributed by atoms with Crippen molar-refractivity contribution in [1.29, 1.82) is 0 Å². The van der Waals surface area contributed by atoms with E-state index in [4.69, 9.17) is 4.74 Å². The predicted octanol–water partition coefficient (Wildman–Crippen LogP) is 5.62. The molecule has 0 radical (unpaired) electrons. The first kappa shape index (κ1) is 20.8. The highest BCUT2D eigenvalue weighted by atomic mass is 16.5. The van der Waals surface area contributed by atoms with Crippen LogP contribution in [0.4, 0.5) is 0 Å². The SMILES string of the molecule is CCCC(C(=O)OC1CC2CCC(C1)[N+]21CCCC1)(c1ccccc1)c1ccccc1. The summed E-state index contributed by atoms with van der Waals surface area (Å²) in [6.07, 6.45) is 9.24. The summed E-state index contributed by atoms with van der Waals surface area (Å²) in [7, 11) is 0. The molecule has 5 rings (SSSR count). The van der Waals surface area contributed by atoms with E-state index >= 15 is 0 Å². The lowest BCUT2D eigenvalue weighted by atomic mass is 9.71.